The van der Waals surface area contributed by atoms with Crippen LogP contribution < -0.4 is 0 Å². The Kier molecular flexibility index (Phi) is 3.62. The minimum absolute atomic E-state index is 0.516. The first kappa shape index (κ1) is 15.4. The first-order chi connectivity index (χ1) is 12.3. The molecule has 3 aliphatic carbocycles. The van der Waals surface area contributed by atoms with E-state index in [1.54, 1.807) is 16.7 Å². The van der Waals surface area contributed by atoms with Gasteiger partial charge in [-0.25, -0.2) is 0 Å². The molecular weight excluding hydrogens is 300 g/mol. The number of benzene rings is 2. The van der Waals surface area contributed by atoms with Crippen LogP contribution in [0.25, 0.3) is 5.57 Å². The molecule has 1 fully saturated rings. The summed E-state index contributed by atoms with van der Waals surface area (Å²) < 4.78 is 0. The third kappa shape index (κ3) is 2.49. The van der Waals surface area contributed by atoms with E-state index < -0.39 is 0 Å². The SMILES string of the molecule is CC1CCC2(CC1)Cc1ccccc1C1CC(c3ccccc3)=CC12. The topological polar surface area (TPSA) is 0 Å². The van der Waals surface area contributed by atoms with Gasteiger partial charge in [-0.3, -0.25) is 0 Å². The molecule has 0 radical (unpaired) electrons. The van der Waals surface area contributed by atoms with Gasteiger partial charge in [0.05, 0.1) is 0 Å². The van der Waals surface area contributed by atoms with E-state index in [2.05, 4.69) is 67.6 Å². The van der Waals surface area contributed by atoms with Crippen molar-refractivity contribution in [2.45, 2.75) is 51.4 Å². The van der Waals surface area contributed by atoms with Crippen molar-refractivity contribution in [3.05, 3.63) is 77.4 Å². The second kappa shape index (κ2) is 5.87. The summed E-state index contributed by atoms with van der Waals surface area (Å²) in [5.74, 6) is 2.36. The van der Waals surface area contributed by atoms with Crippen molar-refractivity contribution in [2.24, 2.45) is 17.3 Å². The highest BCUT2D eigenvalue weighted by Crippen LogP contribution is 2.60. The van der Waals surface area contributed by atoms with Gasteiger partial charge in [0.15, 0.2) is 0 Å². The first-order valence-electron chi connectivity index (χ1n) is 10.1. The molecule has 25 heavy (non-hydrogen) atoms. The predicted molar refractivity (Wildman–Crippen MR) is 105 cm³/mol. The summed E-state index contributed by atoms with van der Waals surface area (Å²) in [6.07, 6.45) is 10.9. The Morgan fingerprint density at radius 2 is 1.60 bits per heavy atom. The van der Waals surface area contributed by atoms with Gasteiger partial charge in [-0.15, -0.1) is 0 Å². The van der Waals surface area contributed by atoms with E-state index >= 15 is 0 Å². The normalized spacial score (nSPS) is 33.6. The molecule has 0 heteroatoms. The zero-order chi connectivity index (χ0) is 16.9. The Morgan fingerprint density at radius 1 is 0.880 bits per heavy atom. The summed E-state index contributed by atoms with van der Waals surface area (Å²) in [5, 5.41) is 0. The smallest absolute Gasteiger partial charge is 0.00501 e. The van der Waals surface area contributed by atoms with Crippen molar-refractivity contribution in [1.29, 1.82) is 0 Å². The van der Waals surface area contributed by atoms with Crippen molar-refractivity contribution in [3.8, 4) is 0 Å². The van der Waals surface area contributed by atoms with Crippen molar-refractivity contribution in [1.82, 2.24) is 0 Å². The third-order valence-corrected chi connectivity index (χ3v) is 7.37. The van der Waals surface area contributed by atoms with Gasteiger partial charge in [0.1, 0.15) is 0 Å². The lowest BCUT2D eigenvalue weighted by Gasteiger charge is -2.49. The third-order valence-electron chi connectivity index (χ3n) is 7.37. The van der Waals surface area contributed by atoms with Crippen molar-refractivity contribution >= 4 is 5.57 Å². The van der Waals surface area contributed by atoms with Crippen LogP contribution in [-0.2, 0) is 6.42 Å². The summed E-state index contributed by atoms with van der Waals surface area (Å²) >= 11 is 0. The Bertz CT molecular complexity index is 790. The lowest BCUT2D eigenvalue weighted by atomic mass is 9.55. The van der Waals surface area contributed by atoms with Gasteiger partial charge in [-0.1, -0.05) is 80.4 Å². The number of fused-ring (bicyclic) bond motifs is 4. The Labute approximate surface area is 152 Å². The van der Waals surface area contributed by atoms with Crippen LogP contribution in [0.3, 0.4) is 0 Å². The molecule has 3 aliphatic rings. The molecule has 2 aromatic carbocycles. The average molecular weight is 328 g/mol. The van der Waals surface area contributed by atoms with Crippen LogP contribution in [0, 0.1) is 17.3 Å². The van der Waals surface area contributed by atoms with Gasteiger partial charge in [-0.05, 0) is 71.1 Å². The maximum absolute atomic E-state index is 2.69. The minimum atomic E-state index is 0.516. The lowest BCUT2D eigenvalue weighted by Crippen LogP contribution is -2.41. The second-order valence-electron chi connectivity index (χ2n) is 8.81. The number of hydrogen-bond acceptors (Lipinski definition) is 0. The van der Waals surface area contributed by atoms with Gasteiger partial charge in [0, 0.05) is 0 Å². The molecule has 0 aromatic heterocycles. The van der Waals surface area contributed by atoms with E-state index in [4.69, 9.17) is 0 Å². The average Bonchev–Trinajstić information content (AvgIpc) is 3.12. The monoisotopic (exact) mass is 328 g/mol. The number of rotatable bonds is 1. The van der Waals surface area contributed by atoms with Gasteiger partial charge in [0.25, 0.3) is 0 Å². The Morgan fingerprint density at radius 3 is 2.40 bits per heavy atom. The highest BCUT2D eigenvalue weighted by molar-refractivity contribution is 5.70. The molecule has 0 saturated heterocycles. The fraction of sp³-hybridized carbons (Fsp3) is 0.440. The second-order valence-corrected chi connectivity index (χ2v) is 8.81. The molecule has 128 valence electrons. The van der Waals surface area contributed by atoms with E-state index in [1.165, 1.54) is 44.1 Å². The van der Waals surface area contributed by atoms with Crippen LogP contribution in [0.15, 0.2) is 60.7 Å². The minimum Gasteiger partial charge on any atom is -0.0764 e. The van der Waals surface area contributed by atoms with Crippen LogP contribution in [0.4, 0.5) is 0 Å². The molecule has 2 aromatic rings. The maximum atomic E-state index is 2.69. The fourth-order valence-electron chi connectivity index (χ4n) is 5.94. The van der Waals surface area contributed by atoms with Gasteiger partial charge in [0.2, 0.25) is 0 Å². The molecule has 0 bridgehead atoms. The van der Waals surface area contributed by atoms with Crippen LogP contribution >= 0.6 is 0 Å². The molecule has 0 N–H and O–H groups in total. The highest BCUT2D eigenvalue weighted by Gasteiger charge is 2.49. The first-order valence-corrected chi connectivity index (χ1v) is 10.1. The molecule has 0 aliphatic heterocycles. The van der Waals surface area contributed by atoms with Crippen LogP contribution in [0.1, 0.15) is 61.6 Å². The molecule has 0 heterocycles. The van der Waals surface area contributed by atoms with Crippen LogP contribution in [0.2, 0.25) is 0 Å². The fourth-order valence-corrected chi connectivity index (χ4v) is 5.94. The van der Waals surface area contributed by atoms with E-state index in [0.717, 1.165) is 11.8 Å². The molecule has 5 rings (SSSR count). The zero-order valence-corrected chi connectivity index (χ0v) is 15.2. The van der Waals surface area contributed by atoms with Crippen LogP contribution in [0.5, 0.6) is 0 Å². The van der Waals surface area contributed by atoms with E-state index in [9.17, 15) is 0 Å². The Balaban J connectivity index is 1.59. The summed E-state index contributed by atoms with van der Waals surface area (Å²) in [6.45, 7) is 2.45. The molecule has 2 atom stereocenters. The standard InChI is InChI=1S/C25H28/c1-18-11-13-25(14-12-18)17-20-9-5-6-10-22(20)23-15-21(16-24(23)25)19-7-3-2-4-8-19/h2-10,16,18,23-24H,11-15,17H2,1H3. The summed E-state index contributed by atoms with van der Waals surface area (Å²) in [6, 6.07) is 20.4. The molecule has 0 nitrogen and oxygen atoms in total. The number of allylic oxidation sites excluding steroid dienone is 2. The molecule has 1 spiro atoms. The van der Waals surface area contributed by atoms with Gasteiger partial charge in [-0.2, -0.15) is 0 Å². The largest absolute Gasteiger partial charge is 0.0764 e. The van der Waals surface area contributed by atoms with Crippen molar-refractivity contribution < 1.29 is 0 Å². The van der Waals surface area contributed by atoms with Gasteiger partial charge >= 0.3 is 0 Å². The highest BCUT2D eigenvalue weighted by atomic mass is 14.5. The lowest BCUT2D eigenvalue weighted by molar-refractivity contribution is 0.0797. The summed E-state index contributed by atoms with van der Waals surface area (Å²) in [7, 11) is 0. The van der Waals surface area contributed by atoms with E-state index in [0.29, 0.717) is 11.3 Å². The zero-order valence-electron chi connectivity index (χ0n) is 15.2. The molecule has 2 unspecified atom stereocenters. The van der Waals surface area contributed by atoms with E-state index in [1.807, 2.05) is 0 Å². The summed E-state index contributed by atoms with van der Waals surface area (Å²) in [5.41, 5.74) is 6.82. The molecule has 1 saturated carbocycles. The van der Waals surface area contributed by atoms with Crippen molar-refractivity contribution in [2.75, 3.05) is 0 Å². The van der Waals surface area contributed by atoms with Crippen LogP contribution in [-0.4, -0.2) is 0 Å². The molecular formula is C25H28. The molecule has 0 amide bonds. The predicted octanol–water partition coefficient (Wildman–Crippen LogP) is 6.63. The van der Waals surface area contributed by atoms with Gasteiger partial charge < -0.3 is 0 Å². The quantitative estimate of drug-likeness (QED) is 0.551. The Hall–Kier alpha value is -1.82. The number of hydrogen-bond donors (Lipinski definition) is 0. The maximum Gasteiger partial charge on any atom is -0.00501 e. The van der Waals surface area contributed by atoms with Crippen molar-refractivity contribution in [3.63, 3.8) is 0 Å². The van der Waals surface area contributed by atoms with E-state index in [-0.39, 0.29) is 0 Å². The summed E-state index contributed by atoms with van der Waals surface area (Å²) in [4.78, 5) is 0.